The van der Waals surface area contributed by atoms with Gasteiger partial charge in [0.05, 0.1) is 5.92 Å². The van der Waals surface area contributed by atoms with Crippen LogP contribution in [-0.2, 0) is 7.05 Å². The Labute approximate surface area is 99.8 Å². The third-order valence-corrected chi connectivity index (χ3v) is 2.73. The van der Waals surface area contributed by atoms with Gasteiger partial charge in [0, 0.05) is 26.0 Å². The quantitative estimate of drug-likeness (QED) is 0.844. The van der Waals surface area contributed by atoms with Crippen LogP contribution in [0.3, 0.4) is 0 Å². The molecule has 1 unspecified atom stereocenters. The molecule has 0 aromatic carbocycles. The molecule has 92 valence electrons. The fourth-order valence-electron chi connectivity index (χ4n) is 1.76. The number of imidazole rings is 1. The molecule has 17 heavy (non-hydrogen) atoms. The molecule has 6 heteroatoms. The van der Waals surface area contributed by atoms with E-state index in [1.807, 2.05) is 17.8 Å². The van der Waals surface area contributed by atoms with Crippen molar-refractivity contribution in [2.45, 2.75) is 25.7 Å². The summed E-state index contributed by atoms with van der Waals surface area (Å²) in [7, 11) is 1.89. The van der Waals surface area contributed by atoms with Crippen LogP contribution in [-0.4, -0.2) is 26.2 Å². The Morgan fingerprint density at radius 2 is 2.35 bits per heavy atom. The summed E-state index contributed by atoms with van der Waals surface area (Å²) in [5.74, 6) is 1.96. The molecule has 2 aromatic heterocycles. The Morgan fingerprint density at radius 3 is 2.94 bits per heavy atom. The first-order chi connectivity index (χ1) is 8.26. The summed E-state index contributed by atoms with van der Waals surface area (Å²) in [5.41, 5.74) is 5.70. The zero-order valence-corrected chi connectivity index (χ0v) is 10.1. The molecule has 0 aliphatic rings. The van der Waals surface area contributed by atoms with Gasteiger partial charge in [-0.05, 0) is 6.42 Å². The predicted octanol–water partition coefficient (Wildman–Crippen LogP) is 1.31. The van der Waals surface area contributed by atoms with Crippen molar-refractivity contribution in [1.29, 1.82) is 0 Å². The van der Waals surface area contributed by atoms with Gasteiger partial charge >= 0.3 is 0 Å². The van der Waals surface area contributed by atoms with E-state index >= 15 is 0 Å². The highest BCUT2D eigenvalue weighted by Crippen LogP contribution is 2.21. The Bertz CT molecular complexity index is 476. The van der Waals surface area contributed by atoms with E-state index in [1.54, 1.807) is 6.20 Å². The van der Waals surface area contributed by atoms with Gasteiger partial charge < -0.3 is 14.8 Å². The molecule has 0 bridgehead atoms. The SMILES string of the molecule is CCCC(CN)c1nc(-c2nccn2C)no1. The van der Waals surface area contributed by atoms with Crippen molar-refractivity contribution >= 4 is 0 Å². The molecule has 2 aromatic rings. The van der Waals surface area contributed by atoms with Crippen molar-refractivity contribution in [1.82, 2.24) is 19.7 Å². The molecule has 0 saturated heterocycles. The molecule has 0 spiro atoms. The Hall–Kier alpha value is -1.69. The minimum absolute atomic E-state index is 0.140. The number of rotatable bonds is 5. The average Bonchev–Trinajstić information content (AvgIpc) is 2.94. The molecule has 6 nitrogen and oxygen atoms in total. The second-order valence-corrected chi connectivity index (χ2v) is 4.04. The third kappa shape index (κ3) is 2.36. The van der Waals surface area contributed by atoms with Crippen LogP contribution < -0.4 is 5.73 Å². The number of hydrogen-bond acceptors (Lipinski definition) is 5. The topological polar surface area (TPSA) is 82.8 Å². The molecule has 2 N–H and O–H groups in total. The van der Waals surface area contributed by atoms with E-state index in [-0.39, 0.29) is 5.92 Å². The van der Waals surface area contributed by atoms with Crippen LogP contribution in [0.15, 0.2) is 16.9 Å². The fraction of sp³-hybridized carbons (Fsp3) is 0.545. The zero-order chi connectivity index (χ0) is 12.3. The lowest BCUT2D eigenvalue weighted by Crippen LogP contribution is -2.12. The van der Waals surface area contributed by atoms with E-state index in [4.69, 9.17) is 10.3 Å². The highest BCUT2D eigenvalue weighted by Gasteiger charge is 2.18. The summed E-state index contributed by atoms with van der Waals surface area (Å²) >= 11 is 0. The Balaban J connectivity index is 2.24. The van der Waals surface area contributed by atoms with Crippen LogP contribution in [0.5, 0.6) is 0 Å². The van der Waals surface area contributed by atoms with Crippen molar-refractivity contribution in [2.75, 3.05) is 6.54 Å². The maximum atomic E-state index is 5.70. The smallest absolute Gasteiger partial charge is 0.238 e. The Morgan fingerprint density at radius 1 is 1.53 bits per heavy atom. The second kappa shape index (κ2) is 5.09. The third-order valence-electron chi connectivity index (χ3n) is 2.73. The minimum atomic E-state index is 0.140. The van der Waals surface area contributed by atoms with Crippen LogP contribution >= 0.6 is 0 Å². The van der Waals surface area contributed by atoms with E-state index in [9.17, 15) is 0 Å². The van der Waals surface area contributed by atoms with Gasteiger partial charge in [-0.1, -0.05) is 18.5 Å². The molecule has 2 rings (SSSR count). The second-order valence-electron chi connectivity index (χ2n) is 4.04. The minimum Gasteiger partial charge on any atom is -0.339 e. The molecular formula is C11H17N5O. The molecule has 1 atom stereocenters. The van der Waals surface area contributed by atoms with Crippen LogP contribution in [0.1, 0.15) is 31.6 Å². The molecular weight excluding hydrogens is 218 g/mol. The molecule has 0 radical (unpaired) electrons. The van der Waals surface area contributed by atoms with Gasteiger partial charge in [0.1, 0.15) is 0 Å². The molecule has 2 heterocycles. The molecule has 0 saturated carbocycles. The van der Waals surface area contributed by atoms with E-state index in [0.29, 0.717) is 24.1 Å². The summed E-state index contributed by atoms with van der Waals surface area (Å²) in [6, 6.07) is 0. The van der Waals surface area contributed by atoms with Crippen LogP contribution in [0.4, 0.5) is 0 Å². The van der Waals surface area contributed by atoms with Gasteiger partial charge in [0.15, 0.2) is 5.82 Å². The summed E-state index contributed by atoms with van der Waals surface area (Å²) in [5, 5.41) is 3.95. The van der Waals surface area contributed by atoms with Gasteiger partial charge in [-0.2, -0.15) is 4.98 Å². The number of aryl methyl sites for hydroxylation is 1. The van der Waals surface area contributed by atoms with Crippen molar-refractivity contribution in [3.8, 4) is 11.6 Å². The number of hydrogen-bond donors (Lipinski definition) is 1. The fourth-order valence-corrected chi connectivity index (χ4v) is 1.76. The van der Waals surface area contributed by atoms with Crippen molar-refractivity contribution in [3.63, 3.8) is 0 Å². The van der Waals surface area contributed by atoms with Crippen molar-refractivity contribution in [2.24, 2.45) is 12.8 Å². The lowest BCUT2D eigenvalue weighted by molar-refractivity contribution is 0.347. The number of nitrogens with two attached hydrogens (primary N) is 1. The van der Waals surface area contributed by atoms with Crippen LogP contribution in [0.25, 0.3) is 11.6 Å². The highest BCUT2D eigenvalue weighted by molar-refractivity contribution is 5.42. The van der Waals surface area contributed by atoms with Gasteiger partial charge in [0.2, 0.25) is 11.7 Å². The van der Waals surface area contributed by atoms with Gasteiger partial charge in [-0.15, -0.1) is 0 Å². The summed E-state index contributed by atoms with van der Waals surface area (Å²) in [6.07, 6.45) is 5.55. The molecule has 0 aliphatic carbocycles. The first-order valence-corrected chi connectivity index (χ1v) is 5.77. The van der Waals surface area contributed by atoms with Gasteiger partial charge in [0.25, 0.3) is 0 Å². The lowest BCUT2D eigenvalue weighted by Gasteiger charge is -2.06. The standard InChI is InChI=1S/C11H17N5O/c1-3-4-8(7-12)11-14-9(15-17-11)10-13-5-6-16(10)2/h5-6,8H,3-4,7,12H2,1-2H3. The number of aromatic nitrogens is 4. The van der Waals surface area contributed by atoms with Gasteiger partial charge in [-0.25, -0.2) is 4.98 Å². The molecule has 0 fully saturated rings. The Kier molecular flexibility index (Phi) is 3.53. The number of nitrogens with zero attached hydrogens (tertiary/aromatic N) is 4. The van der Waals surface area contributed by atoms with E-state index in [1.165, 1.54) is 0 Å². The first kappa shape index (κ1) is 11.8. The molecule has 0 amide bonds. The maximum absolute atomic E-state index is 5.70. The normalized spacial score (nSPS) is 12.9. The zero-order valence-electron chi connectivity index (χ0n) is 10.1. The van der Waals surface area contributed by atoms with E-state index in [0.717, 1.165) is 12.8 Å². The predicted molar refractivity (Wildman–Crippen MR) is 63.2 cm³/mol. The summed E-state index contributed by atoms with van der Waals surface area (Å²) in [6.45, 7) is 2.63. The van der Waals surface area contributed by atoms with E-state index < -0.39 is 0 Å². The first-order valence-electron chi connectivity index (χ1n) is 5.77. The van der Waals surface area contributed by atoms with E-state index in [2.05, 4.69) is 22.0 Å². The summed E-state index contributed by atoms with van der Waals surface area (Å²) < 4.78 is 7.11. The summed E-state index contributed by atoms with van der Waals surface area (Å²) in [4.78, 5) is 8.54. The van der Waals surface area contributed by atoms with Crippen LogP contribution in [0.2, 0.25) is 0 Å². The molecule has 0 aliphatic heterocycles. The lowest BCUT2D eigenvalue weighted by atomic mass is 10.0. The van der Waals surface area contributed by atoms with Crippen molar-refractivity contribution < 1.29 is 4.52 Å². The highest BCUT2D eigenvalue weighted by atomic mass is 16.5. The largest absolute Gasteiger partial charge is 0.339 e. The average molecular weight is 235 g/mol. The monoisotopic (exact) mass is 235 g/mol. The van der Waals surface area contributed by atoms with Crippen LogP contribution in [0, 0.1) is 0 Å². The van der Waals surface area contributed by atoms with Gasteiger partial charge in [-0.3, -0.25) is 0 Å². The maximum Gasteiger partial charge on any atom is 0.238 e. The van der Waals surface area contributed by atoms with Crippen molar-refractivity contribution in [3.05, 3.63) is 18.3 Å².